The Morgan fingerprint density at radius 1 is 1.35 bits per heavy atom. The number of likely N-dealkylation sites (N-methyl/N-ethyl adjacent to an activating group) is 1. The van der Waals surface area contributed by atoms with Crippen LogP contribution in [0, 0.1) is 16.7 Å². The number of amides is 1. The van der Waals surface area contributed by atoms with Crippen LogP contribution in [0.3, 0.4) is 0 Å². The quantitative estimate of drug-likeness (QED) is 0.690. The van der Waals surface area contributed by atoms with Crippen molar-refractivity contribution in [3.8, 4) is 6.07 Å². The second-order valence-corrected chi connectivity index (χ2v) is 4.49. The van der Waals surface area contributed by atoms with Gasteiger partial charge >= 0.3 is 5.97 Å². The summed E-state index contributed by atoms with van der Waals surface area (Å²) in [4.78, 5) is 24.6. The summed E-state index contributed by atoms with van der Waals surface area (Å²) >= 11 is 0. The van der Waals surface area contributed by atoms with E-state index in [9.17, 15) is 14.9 Å². The minimum absolute atomic E-state index is 0.0984. The van der Waals surface area contributed by atoms with Crippen LogP contribution in [0.4, 0.5) is 0 Å². The molecule has 0 heterocycles. The number of esters is 1. The van der Waals surface area contributed by atoms with Crippen LogP contribution in [-0.4, -0.2) is 37.5 Å². The molecule has 0 aromatic heterocycles. The van der Waals surface area contributed by atoms with Gasteiger partial charge in [0.05, 0.1) is 13.2 Å². The summed E-state index contributed by atoms with van der Waals surface area (Å²) in [7, 11) is 2.81. The molecule has 0 N–H and O–H groups in total. The fourth-order valence-corrected chi connectivity index (χ4v) is 2.22. The second-order valence-electron chi connectivity index (χ2n) is 4.49. The van der Waals surface area contributed by atoms with E-state index >= 15 is 0 Å². The minimum Gasteiger partial charge on any atom is -0.468 e. The highest BCUT2D eigenvalue weighted by atomic mass is 16.5. The van der Waals surface area contributed by atoms with Gasteiger partial charge in [0.15, 0.2) is 0 Å². The molecule has 94 valence electrons. The lowest BCUT2D eigenvalue weighted by Crippen LogP contribution is -2.44. The maximum absolute atomic E-state index is 12.2. The molecule has 0 aromatic rings. The fraction of sp³-hybridized carbons (Fsp3) is 0.750. The highest BCUT2D eigenvalue weighted by molar-refractivity contribution is 5.88. The molecule has 0 radical (unpaired) electrons. The van der Waals surface area contributed by atoms with E-state index in [1.54, 1.807) is 0 Å². The number of carbonyl (C=O) groups excluding carboxylic acids is 2. The summed E-state index contributed by atoms with van der Waals surface area (Å²) in [6.07, 6.45) is 4.04. The predicted molar refractivity (Wildman–Crippen MR) is 60.8 cm³/mol. The van der Waals surface area contributed by atoms with E-state index in [4.69, 9.17) is 0 Å². The molecule has 0 unspecified atom stereocenters. The molecule has 0 bridgehead atoms. The van der Waals surface area contributed by atoms with Gasteiger partial charge in [0.25, 0.3) is 0 Å². The molecule has 1 rings (SSSR count). The maximum atomic E-state index is 12.2. The standard InChI is InChI=1S/C12H18N2O3/c1-14(8-10(15)17-2)11(16)12(9-13)6-4-3-5-7-12/h3-8H2,1-2H3. The van der Waals surface area contributed by atoms with Crippen molar-refractivity contribution < 1.29 is 14.3 Å². The lowest BCUT2D eigenvalue weighted by atomic mass is 9.74. The van der Waals surface area contributed by atoms with Crippen molar-refractivity contribution in [2.45, 2.75) is 32.1 Å². The zero-order valence-corrected chi connectivity index (χ0v) is 10.4. The number of ether oxygens (including phenoxy) is 1. The molecule has 0 spiro atoms. The minimum atomic E-state index is -0.930. The Balaban J connectivity index is 2.72. The Morgan fingerprint density at radius 3 is 2.41 bits per heavy atom. The topological polar surface area (TPSA) is 70.4 Å². The average Bonchev–Trinajstić information content (AvgIpc) is 2.38. The van der Waals surface area contributed by atoms with Crippen LogP contribution in [0.25, 0.3) is 0 Å². The normalized spacial score (nSPS) is 17.9. The van der Waals surface area contributed by atoms with Gasteiger partial charge in [-0.25, -0.2) is 0 Å². The molecule has 5 heteroatoms. The number of carbonyl (C=O) groups is 2. The van der Waals surface area contributed by atoms with Gasteiger partial charge < -0.3 is 9.64 Å². The summed E-state index contributed by atoms with van der Waals surface area (Å²) in [6.45, 7) is -0.0984. The van der Waals surface area contributed by atoms with Crippen molar-refractivity contribution >= 4 is 11.9 Å². The first kappa shape index (κ1) is 13.5. The largest absolute Gasteiger partial charge is 0.468 e. The lowest BCUT2D eigenvalue weighted by Gasteiger charge is -2.32. The zero-order chi connectivity index (χ0) is 12.9. The van der Waals surface area contributed by atoms with E-state index in [0.29, 0.717) is 12.8 Å². The number of rotatable bonds is 3. The first-order chi connectivity index (χ1) is 8.05. The van der Waals surface area contributed by atoms with Gasteiger partial charge in [-0.15, -0.1) is 0 Å². The van der Waals surface area contributed by atoms with Gasteiger partial charge in [-0.1, -0.05) is 19.3 Å². The molecule has 0 atom stereocenters. The molecule has 1 aliphatic rings. The summed E-state index contributed by atoms with van der Waals surface area (Å²) < 4.78 is 4.51. The number of hydrogen-bond acceptors (Lipinski definition) is 4. The van der Waals surface area contributed by atoms with Crippen molar-refractivity contribution in [3.05, 3.63) is 0 Å². The molecule has 0 saturated heterocycles. The summed E-state index contributed by atoms with van der Waals surface area (Å²) in [5.74, 6) is -0.727. The van der Waals surface area contributed by atoms with Gasteiger partial charge in [-0.2, -0.15) is 5.26 Å². The Morgan fingerprint density at radius 2 is 1.94 bits per heavy atom. The number of hydrogen-bond donors (Lipinski definition) is 0. The summed E-state index contributed by atoms with van der Waals surface area (Å²) in [6, 6.07) is 2.15. The van der Waals surface area contributed by atoms with Crippen molar-refractivity contribution in [2.75, 3.05) is 20.7 Å². The first-order valence-electron chi connectivity index (χ1n) is 5.79. The Kier molecular flexibility index (Phi) is 4.50. The molecular weight excluding hydrogens is 220 g/mol. The van der Waals surface area contributed by atoms with Crippen LogP contribution >= 0.6 is 0 Å². The van der Waals surface area contributed by atoms with Gasteiger partial charge in [0.2, 0.25) is 5.91 Å². The Hall–Kier alpha value is -1.57. The van der Waals surface area contributed by atoms with Gasteiger partial charge in [0.1, 0.15) is 12.0 Å². The van der Waals surface area contributed by atoms with E-state index in [2.05, 4.69) is 10.8 Å². The highest BCUT2D eigenvalue weighted by Gasteiger charge is 2.41. The van der Waals surface area contributed by atoms with Crippen molar-refractivity contribution in [1.82, 2.24) is 4.90 Å². The maximum Gasteiger partial charge on any atom is 0.325 e. The third kappa shape index (κ3) is 2.96. The van der Waals surface area contributed by atoms with E-state index < -0.39 is 11.4 Å². The Bertz CT molecular complexity index is 340. The van der Waals surface area contributed by atoms with Crippen LogP contribution in [-0.2, 0) is 14.3 Å². The van der Waals surface area contributed by atoms with Crippen molar-refractivity contribution in [2.24, 2.45) is 5.41 Å². The smallest absolute Gasteiger partial charge is 0.325 e. The van der Waals surface area contributed by atoms with Crippen LogP contribution in [0.5, 0.6) is 0 Å². The predicted octanol–water partition coefficient (Wildman–Crippen LogP) is 1.09. The third-order valence-electron chi connectivity index (χ3n) is 3.27. The number of methoxy groups -OCH3 is 1. The molecule has 0 aromatic carbocycles. The molecule has 1 saturated carbocycles. The third-order valence-corrected chi connectivity index (χ3v) is 3.27. The lowest BCUT2D eigenvalue weighted by molar-refractivity contribution is -0.149. The highest BCUT2D eigenvalue weighted by Crippen LogP contribution is 2.37. The van der Waals surface area contributed by atoms with Gasteiger partial charge in [0, 0.05) is 7.05 Å². The summed E-state index contributed by atoms with van der Waals surface area (Å²) in [5.41, 5.74) is -0.930. The first-order valence-corrected chi connectivity index (χ1v) is 5.79. The van der Waals surface area contributed by atoms with E-state index in [1.807, 2.05) is 0 Å². The van der Waals surface area contributed by atoms with Crippen LogP contribution < -0.4 is 0 Å². The van der Waals surface area contributed by atoms with Crippen molar-refractivity contribution in [1.29, 1.82) is 5.26 Å². The van der Waals surface area contributed by atoms with E-state index in [0.717, 1.165) is 19.3 Å². The van der Waals surface area contributed by atoms with Gasteiger partial charge in [-0.3, -0.25) is 9.59 Å². The van der Waals surface area contributed by atoms with E-state index in [-0.39, 0.29) is 12.5 Å². The molecule has 1 aliphatic carbocycles. The molecule has 0 aliphatic heterocycles. The zero-order valence-electron chi connectivity index (χ0n) is 10.4. The fourth-order valence-electron chi connectivity index (χ4n) is 2.22. The van der Waals surface area contributed by atoms with Crippen LogP contribution in [0.15, 0.2) is 0 Å². The molecule has 17 heavy (non-hydrogen) atoms. The van der Waals surface area contributed by atoms with Crippen LogP contribution in [0.1, 0.15) is 32.1 Å². The average molecular weight is 238 g/mol. The monoisotopic (exact) mass is 238 g/mol. The number of nitriles is 1. The molecule has 1 amide bonds. The van der Waals surface area contributed by atoms with E-state index in [1.165, 1.54) is 19.1 Å². The Labute approximate surface area is 101 Å². The van der Waals surface area contributed by atoms with Gasteiger partial charge in [-0.05, 0) is 12.8 Å². The summed E-state index contributed by atoms with van der Waals surface area (Å²) in [5, 5.41) is 9.24. The second kappa shape index (κ2) is 5.67. The molecule has 1 fully saturated rings. The number of nitrogens with zero attached hydrogens (tertiary/aromatic N) is 2. The molecule has 5 nitrogen and oxygen atoms in total. The SMILES string of the molecule is COC(=O)CN(C)C(=O)C1(C#N)CCCCC1. The van der Waals surface area contributed by atoms with Crippen molar-refractivity contribution in [3.63, 3.8) is 0 Å². The van der Waals surface area contributed by atoms with Crippen LogP contribution in [0.2, 0.25) is 0 Å². The molecular formula is C12H18N2O3.